The summed E-state index contributed by atoms with van der Waals surface area (Å²) in [6.45, 7) is 0. The lowest BCUT2D eigenvalue weighted by molar-refractivity contribution is 0.669. The molecule has 0 aliphatic heterocycles. The van der Waals surface area contributed by atoms with E-state index in [0.29, 0.717) is 0 Å². The Morgan fingerprint density at radius 3 is 2.02 bits per heavy atom. The standard InChI is InChI=1S/C39H23NO/c1-2-10-24(11-3-1)39-31-19-21-36-38(30-16-8-9-17-35(30)41-36)37(31)33-23-26(18-20-34(33)40-39)32-22-25-12-4-5-13-27(25)28-14-6-7-15-29(28)32/h1-23H. The van der Waals surface area contributed by atoms with Crippen molar-refractivity contribution in [3.63, 3.8) is 0 Å². The molecule has 9 aromatic rings. The van der Waals surface area contributed by atoms with Gasteiger partial charge in [-0.1, -0.05) is 103 Å². The molecular formula is C39H23NO. The zero-order valence-electron chi connectivity index (χ0n) is 22.1. The van der Waals surface area contributed by atoms with E-state index in [1.165, 1.54) is 38.1 Å². The Kier molecular flexibility index (Phi) is 4.64. The molecule has 9 rings (SSSR count). The number of pyridine rings is 1. The van der Waals surface area contributed by atoms with Crippen LogP contribution in [0.5, 0.6) is 0 Å². The first kappa shape index (κ1) is 22.4. The summed E-state index contributed by atoms with van der Waals surface area (Å²) in [5.41, 5.74) is 7.28. The van der Waals surface area contributed by atoms with Crippen LogP contribution in [0.3, 0.4) is 0 Å². The van der Waals surface area contributed by atoms with Crippen LogP contribution < -0.4 is 0 Å². The SMILES string of the molecule is c1ccc(-c2nc3ccc(-c4cc5ccccc5c5ccccc45)cc3c3c2ccc2oc4ccccc4c23)cc1. The van der Waals surface area contributed by atoms with Gasteiger partial charge in [-0.15, -0.1) is 0 Å². The third-order valence-corrected chi connectivity index (χ3v) is 8.42. The lowest BCUT2D eigenvalue weighted by Crippen LogP contribution is -1.91. The highest BCUT2D eigenvalue weighted by atomic mass is 16.3. The van der Waals surface area contributed by atoms with Gasteiger partial charge in [0.25, 0.3) is 0 Å². The Morgan fingerprint density at radius 2 is 1.15 bits per heavy atom. The van der Waals surface area contributed by atoms with Gasteiger partial charge < -0.3 is 4.42 Å². The summed E-state index contributed by atoms with van der Waals surface area (Å²) >= 11 is 0. The number of aromatic nitrogens is 1. The van der Waals surface area contributed by atoms with Gasteiger partial charge >= 0.3 is 0 Å². The summed E-state index contributed by atoms with van der Waals surface area (Å²) < 4.78 is 6.36. The number of para-hydroxylation sites is 1. The maximum atomic E-state index is 6.36. The Bertz CT molecular complexity index is 2470. The largest absolute Gasteiger partial charge is 0.456 e. The van der Waals surface area contributed by atoms with Crippen LogP contribution >= 0.6 is 0 Å². The predicted molar refractivity (Wildman–Crippen MR) is 172 cm³/mol. The lowest BCUT2D eigenvalue weighted by atomic mass is 9.91. The molecule has 0 spiro atoms. The highest BCUT2D eigenvalue weighted by molar-refractivity contribution is 6.28. The van der Waals surface area contributed by atoms with Gasteiger partial charge in [-0.05, 0) is 69.1 Å². The fraction of sp³-hybridized carbons (Fsp3) is 0. The van der Waals surface area contributed by atoms with E-state index in [0.717, 1.165) is 49.5 Å². The van der Waals surface area contributed by atoms with Gasteiger partial charge in [0, 0.05) is 32.5 Å². The molecule has 2 heteroatoms. The minimum Gasteiger partial charge on any atom is -0.456 e. The first-order valence-electron chi connectivity index (χ1n) is 14.0. The number of benzene rings is 7. The van der Waals surface area contributed by atoms with Gasteiger partial charge in [-0.2, -0.15) is 0 Å². The second-order valence-corrected chi connectivity index (χ2v) is 10.7. The topological polar surface area (TPSA) is 26.0 Å². The Balaban J connectivity index is 1.45. The molecule has 0 aliphatic rings. The molecule has 0 radical (unpaired) electrons. The van der Waals surface area contributed by atoms with Gasteiger partial charge in [0.2, 0.25) is 0 Å². The second-order valence-electron chi connectivity index (χ2n) is 10.7. The zero-order valence-corrected chi connectivity index (χ0v) is 22.1. The average molecular weight is 522 g/mol. The summed E-state index contributed by atoms with van der Waals surface area (Å²) in [5.74, 6) is 0. The van der Waals surface area contributed by atoms with Gasteiger partial charge in [-0.25, -0.2) is 4.98 Å². The Hall–Kier alpha value is -5.47. The highest BCUT2D eigenvalue weighted by Gasteiger charge is 2.18. The quantitative estimate of drug-likeness (QED) is 0.211. The van der Waals surface area contributed by atoms with Crippen molar-refractivity contribution in [1.29, 1.82) is 0 Å². The molecule has 0 unspecified atom stereocenters. The van der Waals surface area contributed by atoms with Crippen LogP contribution in [0.1, 0.15) is 0 Å². The molecule has 0 saturated carbocycles. The number of hydrogen-bond donors (Lipinski definition) is 0. The van der Waals surface area contributed by atoms with E-state index >= 15 is 0 Å². The lowest BCUT2D eigenvalue weighted by Gasteiger charge is -2.14. The van der Waals surface area contributed by atoms with Crippen molar-refractivity contribution >= 4 is 65.2 Å². The molecule has 190 valence electrons. The summed E-state index contributed by atoms with van der Waals surface area (Å²) in [5, 5.41) is 10.8. The molecule has 7 aromatic carbocycles. The fourth-order valence-electron chi connectivity index (χ4n) is 6.58. The van der Waals surface area contributed by atoms with E-state index in [4.69, 9.17) is 9.40 Å². The van der Waals surface area contributed by atoms with E-state index < -0.39 is 0 Å². The molecule has 0 saturated heterocycles. The van der Waals surface area contributed by atoms with Crippen LogP contribution in [0.2, 0.25) is 0 Å². The van der Waals surface area contributed by atoms with E-state index in [2.05, 4.69) is 133 Å². The van der Waals surface area contributed by atoms with E-state index in [1.54, 1.807) is 0 Å². The molecule has 0 amide bonds. The summed E-state index contributed by atoms with van der Waals surface area (Å²) in [6, 6.07) is 49.5. The summed E-state index contributed by atoms with van der Waals surface area (Å²) in [6.07, 6.45) is 0. The van der Waals surface area contributed by atoms with Crippen LogP contribution in [-0.2, 0) is 0 Å². The first-order valence-corrected chi connectivity index (χ1v) is 14.0. The maximum Gasteiger partial charge on any atom is 0.136 e. The van der Waals surface area contributed by atoms with Crippen molar-refractivity contribution in [2.45, 2.75) is 0 Å². The second kappa shape index (κ2) is 8.51. The van der Waals surface area contributed by atoms with Crippen LogP contribution in [0, 0.1) is 0 Å². The molecule has 2 aromatic heterocycles. The number of furan rings is 1. The van der Waals surface area contributed by atoms with Gasteiger partial charge in [0.05, 0.1) is 11.2 Å². The average Bonchev–Trinajstić information content (AvgIpc) is 3.43. The molecule has 0 fully saturated rings. The number of hydrogen-bond acceptors (Lipinski definition) is 2. The van der Waals surface area contributed by atoms with Crippen LogP contribution in [-0.4, -0.2) is 4.98 Å². The van der Waals surface area contributed by atoms with Crippen LogP contribution in [0.4, 0.5) is 0 Å². The van der Waals surface area contributed by atoms with E-state index in [1.807, 2.05) is 6.07 Å². The third-order valence-electron chi connectivity index (χ3n) is 8.42. The molecule has 41 heavy (non-hydrogen) atoms. The molecule has 0 bridgehead atoms. The smallest absolute Gasteiger partial charge is 0.136 e. The Morgan fingerprint density at radius 1 is 0.415 bits per heavy atom. The molecular weight excluding hydrogens is 498 g/mol. The van der Waals surface area contributed by atoms with E-state index in [9.17, 15) is 0 Å². The number of fused-ring (bicyclic) bond motifs is 10. The van der Waals surface area contributed by atoms with Gasteiger partial charge in [0.1, 0.15) is 11.2 Å². The van der Waals surface area contributed by atoms with Crippen LogP contribution in [0.15, 0.2) is 144 Å². The summed E-state index contributed by atoms with van der Waals surface area (Å²) in [4.78, 5) is 5.26. The van der Waals surface area contributed by atoms with Gasteiger partial charge in [0.15, 0.2) is 0 Å². The maximum absolute atomic E-state index is 6.36. The summed E-state index contributed by atoms with van der Waals surface area (Å²) in [7, 11) is 0. The third kappa shape index (κ3) is 3.28. The van der Waals surface area contributed by atoms with Crippen molar-refractivity contribution < 1.29 is 4.42 Å². The van der Waals surface area contributed by atoms with Crippen molar-refractivity contribution in [1.82, 2.24) is 4.98 Å². The number of rotatable bonds is 2. The predicted octanol–water partition coefficient (Wildman–Crippen LogP) is 10.9. The van der Waals surface area contributed by atoms with Crippen molar-refractivity contribution in [3.05, 3.63) is 140 Å². The zero-order chi connectivity index (χ0) is 26.9. The number of nitrogens with zero attached hydrogens (tertiary/aromatic N) is 1. The first-order chi connectivity index (χ1) is 20.3. The molecule has 0 aliphatic carbocycles. The minimum atomic E-state index is 0.895. The fourth-order valence-corrected chi connectivity index (χ4v) is 6.58. The Labute approximate surface area is 236 Å². The molecule has 0 N–H and O–H groups in total. The van der Waals surface area contributed by atoms with Crippen molar-refractivity contribution in [2.75, 3.05) is 0 Å². The van der Waals surface area contributed by atoms with Crippen molar-refractivity contribution in [3.8, 4) is 22.4 Å². The van der Waals surface area contributed by atoms with Crippen LogP contribution in [0.25, 0.3) is 87.5 Å². The van der Waals surface area contributed by atoms with Crippen molar-refractivity contribution in [2.24, 2.45) is 0 Å². The minimum absolute atomic E-state index is 0.895. The molecule has 2 nitrogen and oxygen atoms in total. The monoisotopic (exact) mass is 521 g/mol. The van der Waals surface area contributed by atoms with E-state index in [-0.39, 0.29) is 0 Å². The highest BCUT2D eigenvalue weighted by Crippen LogP contribution is 2.43. The molecule has 0 atom stereocenters. The van der Waals surface area contributed by atoms with Gasteiger partial charge in [-0.3, -0.25) is 0 Å². The normalized spacial score (nSPS) is 11.9. The molecule has 2 heterocycles.